The third kappa shape index (κ3) is 5.95. The van der Waals surface area contributed by atoms with Gasteiger partial charge in [0, 0.05) is 16.0 Å². The third-order valence-corrected chi connectivity index (χ3v) is 5.46. The van der Waals surface area contributed by atoms with E-state index < -0.39 is 0 Å². The van der Waals surface area contributed by atoms with Crippen molar-refractivity contribution in [3.05, 3.63) is 81.2 Å². The molecule has 0 aliphatic heterocycles. The van der Waals surface area contributed by atoms with Crippen molar-refractivity contribution >= 4 is 51.4 Å². The average molecular weight is 468 g/mol. The highest BCUT2D eigenvalue weighted by atomic mass is 79.9. The summed E-state index contributed by atoms with van der Waals surface area (Å²) in [6.45, 7) is 0. The van der Waals surface area contributed by atoms with Crippen molar-refractivity contribution in [2.75, 3.05) is 0 Å². The first kappa shape index (κ1) is 19.7. The van der Waals surface area contributed by atoms with Crippen LogP contribution in [0.3, 0.4) is 0 Å². The average Bonchev–Trinajstić information content (AvgIpc) is 2.98. The number of halogens is 3. The zero-order chi connectivity index (χ0) is 19.2. The quantitative estimate of drug-likeness (QED) is 0.375. The maximum absolute atomic E-state index is 12.9. The molecule has 0 radical (unpaired) electrons. The van der Waals surface area contributed by atoms with Gasteiger partial charge in [-0.2, -0.15) is 5.10 Å². The van der Waals surface area contributed by atoms with E-state index in [0.717, 1.165) is 9.37 Å². The van der Waals surface area contributed by atoms with Gasteiger partial charge < -0.3 is 4.42 Å². The number of furan rings is 1. The van der Waals surface area contributed by atoms with Gasteiger partial charge in [0.05, 0.1) is 17.1 Å². The second-order valence-electron chi connectivity index (χ2n) is 5.44. The Hall–Kier alpha value is -2.09. The summed E-state index contributed by atoms with van der Waals surface area (Å²) >= 11 is 10.8. The molecule has 8 heteroatoms. The van der Waals surface area contributed by atoms with Gasteiger partial charge in [-0.1, -0.05) is 35.5 Å². The van der Waals surface area contributed by atoms with Gasteiger partial charge in [-0.05, 0) is 57.9 Å². The lowest BCUT2D eigenvalue weighted by Gasteiger charge is -2.00. The monoisotopic (exact) mass is 466 g/mol. The predicted octanol–water partition coefficient (Wildman–Crippen LogP) is 5.68. The molecule has 1 aromatic heterocycles. The molecule has 2 aromatic carbocycles. The van der Waals surface area contributed by atoms with Crippen LogP contribution in [0.5, 0.6) is 0 Å². The second-order valence-corrected chi connectivity index (χ2v) is 7.77. The highest BCUT2D eigenvalue weighted by molar-refractivity contribution is 9.10. The van der Waals surface area contributed by atoms with Gasteiger partial charge in [0.25, 0.3) is 0 Å². The summed E-state index contributed by atoms with van der Waals surface area (Å²) in [6.07, 6.45) is 1.52. The topological polar surface area (TPSA) is 54.6 Å². The highest BCUT2D eigenvalue weighted by Gasteiger charge is 2.10. The number of benzene rings is 2. The number of nitrogens with one attached hydrogen (secondary N) is 1. The van der Waals surface area contributed by atoms with Crippen LogP contribution in [0, 0.1) is 5.82 Å². The number of hydrogen-bond donors (Lipinski definition) is 1. The molecule has 0 aliphatic carbocycles. The number of rotatable bonds is 6. The molecule has 0 spiro atoms. The van der Waals surface area contributed by atoms with Crippen LogP contribution in [-0.4, -0.2) is 12.1 Å². The molecule has 3 rings (SSSR count). The van der Waals surface area contributed by atoms with Gasteiger partial charge in [0.2, 0.25) is 5.91 Å². The Kier molecular flexibility index (Phi) is 6.71. The number of hydrazone groups is 1. The van der Waals surface area contributed by atoms with E-state index >= 15 is 0 Å². The largest absolute Gasteiger partial charge is 0.447 e. The Balaban J connectivity index is 1.56. The Morgan fingerprint density at radius 2 is 1.93 bits per heavy atom. The van der Waals surface area contributed by atoms with E-state index in [1.54, 1.807) is 30.3 Å². The molecule has 0 saturated heterocycles. The van der Waals surface area contributed by atoms with Gasteiger partial charge in [0.1, 0.15) is 11.6 Å². The highest BCUT2D eigenvalue weighted by Crippen LogP contribution is 2.35. The van der Waals surface area contributed by atoms with Crippen molar-refractivity contribution in [1.82, 2.24) is 5.43 Å². The zero-order valence-corrected chi connectivity index (χ0v) is 16.9. The van der Waals surface area contributed by atoms with E-state index in [9.17, 15) is 9.18 Å². The number of carbonyl (C=O) groups excluding carboxylic acids is 1. The standard InChI is InChI=1S/C19H13BrClFN2O2S/c20-17-10-15(26-19(17)27-16-7-3-13(21)4-8-16)11-23-24-18(25)9-12-1-5-14(22)6-2-12/h1-8,10-11H,9H2,(H,24,25)/b23-11+. The first-order valence-electron chi connectivity index (χ1n) is 7.79. The van der Waals surface area contributed by atoms with Crippen molar-refractivity contribution in [1.29, 1.82) is 0 Å². The molecule has 3 aromatic rings. The molecule has 1 N–H and O–H groups in total. The van der Waals surface area contributed by atoms with E-state index in [-0.39, 0.29) is 18.1 Å². The fraction of sp³-hybridized carbons (Fsp3) is 0.0526. The van der Waals surface area contributed by atoms with E-state index in [4.69, 9.17) is 16.0 Å². The maximum atomic E-state index is 12.9. The fourth-order valence-corrected chi connectivity index (χ4v) is 3.56. The van der Waals surface area contributed by atoms with Crippen molar-refractivity contribution in [2.45, 2.75) is 16.4 Å². The minimum absolute atomic E-state index is 0.108. The minimum Gasteiger partial charge on any atom is -0.447 e. The lowest BCUT2D eigenvalue weighted by Crippen LogP contribution is -2.19. The predicted molar refractivity (Wildman–Crippen MR) is 108 cm³/mol. The fourth-order valence-electron chi connectivity index (χ4n) is 2.11. The van der Waals surface area contributed by atoms with Crippen LogP contribution in [0.15, 0.2) is 78.6 Å². The Labute approximate surface area is 172 Å². The van der Waals surface area contributed by atoms with Crippen molar-refractivity contribution in [3.63, 3.8) is 0 Å². The van der Waals surface area contributed by atoms with Crippen LogP contribution in [0.2, 0.25) is 5.02 Å². The molecule has 0 atom stereocenters. The molecule has 0 saturated carbocycles. The van der Waals surface area contributed by atoms with E-state index in [1.807, 2.05) is 12.1 Å². The van der Waals surface area contributed by atoms with Gasteiger partial charge in [-0.25, -0.2) is 9.82 Å². The third-order valence-electron chi connectivity index (χ3n) is 3.36. The number of carbonyl (C=O) groups is 1. The molecule has 0 unspecified atom stereocenters. The summed E-state index contributed by atoms with van der Waals surface area (Å²) in [7, 11) is 0. The smallest absolute Gasteiger partial charge is 0.244 e. The van der Waals surface area contributed by atoms with E-state index in [0.29, 0.717) is 21.4 Å². The van der Waals surface area contributed by atoms with Crippen molar-refractivity contribution < 1.29 is 13.6 Å². The minimum atomic E-state index is -0.340. The summed E-state index contributed by atoms with van der Waals surface area (Å²) in [5, 5.41) is 5.22. The molecule has 0 fully saturated rings. The van der Waals surface area contributed by atoms with Gasteiger partial charge in [-0.15, -0.1) is 0 Å². The lowest BCUT2D eigenvalue weighted by molar-refractivity contribution is -0.120. The summed E-state index contributed by atoms with van der Waals surface area (Å²) in [5.41, 5.74) is 3.12. The van der Waals surface area contributed by atoms with Crippen molar-refractivity contribution in [3.8, 4) is 0 Å². The normalized spacial score (nSPS) is 11.1. The molecule has 138 valence electrons. The van der Waals surface area contributed by atoms with Gasteiger partial charge in [0.15, 0.2) is 5.09 Å². The molecule has 0 aliphatic rings. The Morgan fingerprint density at radius 1 is 1.22 bits per heavy atom. The van der Waals surface area contributed by atoms with E-state index in [1.165, 1.54) is 30.1 Å². The first-order valence-corrected chi connectivity index (χ1v) is 9.77. The van der Waals surface area contributed by atoms with Crippen LogP contribution in [-0.2, 0) is 11.2 Å². The summed E-state index contributed by atoms with van der Waals surface area (Å²) < 4.78 is 19.3. The number of hydrogen-bond acceptors (Lipinski definition) is 4. The zero-order valence-electron chi connectivity index (χ0n) is 13.8. The first-order chi connectivity index (χ1) is 13.0. The summed E-state index contributed by atoms with van der Waals surface area (Å²) in [5.74, 6) is -0.160. The van der Waals surface area contributed by atoms with Crippen LogP contribution in [0.4, 0.5) is 4.39 Å². The molecule has 1 amide bonds. The molecule has 0 bridgehead atoms. The summed E-state index contributed by atoms with van der Waals surface area (Å²) in [6, 6.07) is 14.9. The Bertz CT molecular complexity index is 959. The van der Waals surface area contributed by atoms with Gasteiger partial charge >= 0.3 is 0 Å². The SMILES string of the molecule is O=C(Cc1ccc(F)cc1)N/N=C/c1cc(Br)c(Sc2ccc(Cl)cc2)o1. The van der Waals surface area contributed by atoms with Crippen LogP contribution in [0.1, 0.15) is 11.3 Å². The number of nitrogens with zero attached hydrogens (tertiary/aromatic N) is 1. The second kappa shape index (κ2) is 9.21. The van der Waals surface area contributed by atoms with Crippen LogP contribution >= 0.6 is 39.3 Å². The lowest BCUT2D eigenvalue weighted by atomic mass is 10.1. The number of amides is 1. The van der Waals surface area contributed by atoms with Crippen LogP contribution < -0.4 is 5.43 Å². The molecular weight excluding hydrogens is 455 g/mol. The maximum Gasteiger partial charge on any atom is 0.244 e. The van der Waals surface area contributed by atoms with Crippen LogP contribution in [0.25, 0.3) is 0 Å². The Morgan fingerprint density at radius 3 is 2.63 bits per heavy atom. The van der Waals surface area contributed by atoms with E-state index in [2.05, 4.69) is 26.5 Å². The molecule has 1 heterocycles. The summed E-state index contributed by atoms with van der Waals surface area (Å²) in [4.78, 5) is 12.8. The van der Waals surface area contributed by atoms with Gasteiger partial charge in [-0.3, -0.25) is 4.79 Å². The molecule has 4 nitrogen and oxygen atoms in total. The molecular formula is C19H13BrClFN2O2S. The van der Waals surface area contributed by atoms with Crippen molar-refractivity contribution in [2.24, 2.45) is 5.10 Å². The molecule has 27 heavy (non-hydrogen) atoms.